The monoisotopic (exact) mass is 263 g/mol. The van der Waals surface area contributed by atoms with Gasteiger partial charge in [0, 0.05) is 5.69 Å². The van der Waals surface area contributed by atoms with Crippen LogP contribution in [0, 0.1) is 5.82 Å². The van der Waals surface area contributed by atoms with Gasteiger partial charge in [0.25, 0.3) is 0 Å². The van der Waals surface area contributed by atoms with E-state index in [1.807, 2.05) is 6.92 Å². The van der Waals surface area contributed by atoms with Crippen molar-refractivity contribution in [3.05, 3.63) is 30.1 Å². The first-order valence-electron chi connectivity index (χ1n) is 5.84. The summed E-state index contributed by atoms with van der Waals surface area (Å²) in [4.78, 5) is 11.8. The zero-order valence-electron chi connectivity index (χ0n) is 10.4. The van der Waals surface area contributed by atoms with Gasteiger partial charge in [0.1, 0.15) is 5.82 Å². The molecule has 1 aromatic carbocycles. The smallest absolute Gasteiger partial charge is 0.323 e. The highest BCUT2D eigenvalue weighted by Crippen LogP contribution is 2.16. The van der Waals surface area contributed by atoms with Gasteiger partial charge in [-0.05, 0) is 24.6 Å². The molecule has 2 aromatic rings. The quantitative estimate of drug-likeness (QED) is 0.859. The maximum absolute atomic E-state index is 13.1. The summed E-state index contributed by atoms with van der Waals surface area (Å²) in [5, 5.41) is 2.84. The van der Waals surface area contributed by atoms with Crippen LogP contribution in [-0.4, -0.2) is 21.6 Å². The van der Waals surface area contributed by atoms with Crippen molar-refractivity contribution in [2.24, 2.45) is 0 Å². The lowest BCUT2D eigenvalue weighted by atomic mass is 10.3. The molecule has 7 heteroatoms. The number of halogens is 1. The summed E-state index contributed by atoms with van der Waals surface area (Å²) in [5.41, 5.74) is 6.08. The van der Waals surface area contributed by atoms with E-state index >= 15 is 0 Å². The fourth-order valence-electron chi connectivity index (χ4n) is 1.38. The van der Waals surface area contributed by atoms with Gasteiger partial charge in [-0.25, -0.2) is 4.39 Å². The second-order valence-corrected chi connectivity index (χ2v) is 3.78. The van der Waals surface area contributed by atoms with Crippen LogP contribution in [0.15, 0.2) is 24.3 Å². The Morgan fingerprint density at radius 2 is 2.16 bits per heavy atom. The van der Waals surface area contributed by atoms with Crippen molar-refractivity contribution in [2.75, 3.05) is 17.7 Å². The van der Waals surface area contributed by atoms with Crippen molar-refractivity contribution in [2.45, 2.75) is 13.3 Å². The summed E-state index contributed by atoms with van der Waals surface area (Å²) in [6, 6.07) is 6.09. The lowest BCUT2D eigenvalue weighted by Gasteiger charge is -2.07. The van der Waals surface area contributed by atoms with E-state index < -0.39 is 0 Å². The molecular formula is C12H14FN5O. The van der Waals surface area contributed by atoms with Gasteiger partial charge in [0.15, 0.2) is 0 Å². The third-order valence-corrected chi connectivity index (χ3v) is 2.15. The van der Waals surface area contributed by atoms with E-state index in [2.05, 4.69) is 20.3 Å². The third kappa shape index (κ3) is 3.77. The molecule has 0 atom stereocenters. The van der Waals surface area contributed by atoms with Gasteiger partial charge in [-0.3, -0.25) is 0 Å². The molecule has 0 radical (unpaired) electrons. The van der Waals surface area contributed by atoms with Crippen LogP contribution in [0.5, 0.6) is 6.01 Å². The predicted molar refractivity (Wildman–Crippen MR) is 69.7 cm³/mol. The maximum atomic E-state index is 13.1. The van der Waals surface area contributed by atoms with Crippen molar-refractivity contribution in [1.82, 2.24) is 15.0 Å². The zero-order valence-corrected chi connectivity index (χ0v) is 10.4. The number of nitrogens with two attached hydrogens (primary N) is 1. The van der Waals surface area contributed by atoms with Gasteiger partial charge in [-0.15, -0.1) is 0 Å². The first-order chi connectivity index (χ1) is 9.17. The first kappa shape index (κ1) is 13.0. The van der Waals surface area contributed by atoms with Crippen LogP contribution in [0.3, 0.4) is 0 Å². The molecule has 0 unspecified atom stereocenters. The van der Waals surface area contributed by atoms with E-state index in [-0.39, 0.29) is 23.7 Å². The number of ether oxygens (including phenoxy) is 1. The van der Waals surface area contributed by atoms with E-state index in [1.54, 1.807) is 12.1 Å². The van der Waals surface area contributed by atoms with Gasteiger partial charge >= 0.3 is 6.01 Å². The average Bonchev–Trinajstić information content (AvgIpc) is 2.35. The summed E-state index contributed by atoms with van der Waals surface area (Å²) >= 11 is 0. The molecule has 0 aliphatic rings. The number of hydrogen-bond donors (Lipinski definition) is 2. The number of aromatic nitrogens is 3. The van der Waals surface area contributed by atoms with Crippen molar-refractivity contribution >= 4 is 17.6 Å². The Morgan fingerprint density at radius 3 is 2.89 bits per heavy atom. The second kappa shape index (κ2) is 5.94. The molecule has 0 amide bonds. The number of nitrogen functional groups attached to an aromatic ring is 1. The minimum absolute atomic E-state index is 0.0417. The molecule has 3 N–H and O–H groups in total. The van der Waals surface area contributed by atoms with Gasteiger partial charge in [-0.2, -0.15) is 15.0 Å². The van der Waals surface area contributed by atoms with E-state index in [1.165, 1.54) is 12.1 Å². The van der Waals surface area contributed by atoms with Crippen LogP contribution < -0.4 is 15.8 Å². The Bertz CT molecular complexity index is 564. The molecule has 6 nitrogen and oxygen atoms in total. The Kier molecular flexibility index (Phi) is 4.07. The van der Waals surface area contributed by atoms with Crippen molar-refractivity contribution in [3.8, 4) is 6.01 Å². The highest BCUT2D eigenvalue weighted by molar-refractivity contribution is 5.53. The molecule has 0 saturated heterocycles. The van der Waals surface area contributed by atoms with Gasteiger partial charge in [0.2, 0.25) is 11.9 Å². The van der Waals surface area contributed by atoms with Gasteiger partial charge in [0.05, 0.1) is 6.61 Å². The molecule has 0 bridgehead atoms. The molecule has 0 aliphatic carbocycles. The SMILES string of the molecule is CCCOc1nc(N)nc(Nc2cccc(F)c2)n1. The van der Waals surface area contributed by atoms with Crippen LogP contribution in [0.2, 0.25) is 0 Å². The average molecular weight is 263 g/mol. The molecule has 0 fully saturated rings. The molecule has 2 rings (SSSR count). The number of anilines is 3. The highest BCUT2D eigenvalue weighted by atomic mass is 19.1. The predicted octanol–water partition coefficient (Wildman–Crippen LogP) is 2.13. The lowest BCUT2D eigenvalue weighted by Crippen LogP contribution is -2.07. The Hall–Kier alpha value is -2.44. The Labute approximate surface area is 109 Å². The number of nitrogens with zero attached hydrogens (tertiary/aromatic N) is 3. The summed E-state index contributed by atoms with van der Waals surface area (Å²) < 4.78 is 18.3. The van der Waals surface area contributed by atoms with E-state index in [9.17, 15) is 4.39 Å². The minimum Gasteiger partial charge on any atom is -0.463 e. The Morgan fingerprint density at radius 1 is 1.32 bits per heavy atom. The standard InChI is InChI=1S/C12H14FN5O/c1-2-6-19-12-17-10(14)16-11(18-12)15-9-5-3-4-8(13)7-9/h3-5,7H,2,6H2,1H3,(H3,14,15,16,17,18). The van der Waals surface area contributed by atoms with E-state index in [0.29, 0.717) is 12.3 Å². The summed E-state index contributed by atoms with van der Waals surface area (Å²) in [5.74, 6) is -0.0984. The zero-order chi connectivity index (χ0) is 13.7. The maximum Gasteiger partial charge on any atom is 0.323 e. The molecule has 1 aromatic heterocycles. The van der Waals surface area contributed by atoms with Crippen LogP contribution in [0.25, 0.3) is 0 Å². The number of benzene rings is 1. The molecule has 0 aliphatic heterocycles. The first-order valence-corrected chi connectivity index (χ1v) is 5.84. The summed E-state index contributed by atoms with van der Waals surface area (Å²) in [7, 11) is 0. The minimum atomic E-state index is -0.352. The number of nitrogens with one attached hydrogen (secondary N) is 1. The largest absolute Gasteiger partial charge is 0.463 e. The van der Waals surface area contributed by atoms with Gasteiger partial charge < -0.3 is 15.8 Å². The highest BCUT2D eigenvalue weighted by Gasteiger charge is 2.06. The summed E-state index contributed by atoms with van der Waals surface area (Å²) in [6.45, 7) is 2.46. The van der Waals surface area contributed by atoms with Crippen molar-refractivity contribution in [3.63, 3.8) is 0 Å². The normalized spacial score (nSPS) is 10.2. The van der Waals surface area contributed by atoms with E-state index in [4.69, 9.17) is 10.5 Å². The van der Waals surface area contributed by atoms with Crippen LogP contribution in [0.4, 0.5) is 22.0 Å². The van der Waals surface area contributed by atoms with E-state index in [0.717, 1.165) is 6.42 Å². The second-order valence-electron chi connectivity index (χ2n) is 3.78. The number of hydrogen-bond acceptors (Lipinski definition) is 6. The van der Waals surface area contributed by atoms with Crippen molar-refractivity contribution in [1.29, 1.82) is 0 Å². The number of rotatable bonds is 5. The third-order valence-electron chi connectivity index (χ3n) is 2.15. The Balaban J connectivity index is 2.17. The summed E-state index contributed by atoms with van der Waals surface area (Å²) in [6.07, 6.45) is 0.832. The molecule has 0 saturated carbocycles. The topological polar surface area (TPSA) is 86.0 Å². The van der Waals surface area contributed by atoms with Gasteiger partial charge in [-0.1, -0.05) is 13.0 Å². The lowest BCUT2D eigenvalue weighted by molar-refractivity contribution is 0.292. The molecular weight excluding hydrogens is 249 g/mol. The molecule has 0 spiro atoms. The van der Waals surface area contributed by atoms with Crippen molar-refractivity contribution < 1.29 is 9.13 Å². The van der Waals surface area contributed by atoms with Crippen LogP contribution >= 0.6 is 0 Å². The molecule has 100 valence electrons. The van der Waals surface area contributed by atoms with Crippen LogP contribution in [-0.2, 0) is 0 Å². The molecule has 1 heterocycles. The fourth-order valence-corrected chi connectivity index (χ4v) is 1.38. The molecule has 19 heavy (non-hydrogen) atoms. The fraction of sp³-hybridized carbons (Fsp3) is 0.250. The van der Waals surface area contributed by atoms with Crippen LogP contribution in [0.1, 0.15) is 13.3 Å².